The predicted molar refractivity (Wildman–Crippen MR) is 106 cm³/mol. The lowest BCUT2D eigenvalue weighted by Gasteiger charge is -2.32. The maximum absolute atomic E-state index is 12.2. The fraction of sp³-hybridized carbons (Fsp3) is 0.667. The summed E-state index contributed by atoms with van der Waals surface area (Å²) in [6.45, 7) is 6.62. The molecule has 1 heterocycles. The number of hydrogen-bond acceptors (Lipinski definition) is 4. The van der Waals surface area contributed by atoms with Gasteiger partial charge in [0.25, 0.3) is 5.91 Å². The topological polar surface area (TPSA) is 50.8 Å². The molecule has 0 aromatic heterocycles. The van der Waals surface area contributed by atoms with Crippen molar-refractivity contribution in [3.63, 3.8) is 0 Å². The Morgan fingerprint density at radius 2 is 1.93 bits per heavy atom. The van der Waals surface area contributed by atoms with Crippen molar-refractivity contribution >= 4 is 11.6 Å². The molecule has 0 saturated carbocycles. The fourth-order valence-corrected chi connectivity index (χ4v) is 3.14. The SMILES string of the molecule is CC(C)N(Cc1ccc(NC(=O)[C@@H](C)OCC(F)(F)F)cc1)C[C@@H]1CCCCO1. The van der Waals surface area contributed by atoms with E-state index in [1.54, 1.807) is 12.1 Å². The number of amides is 1. The zero-order valence-electron chi connectivity index (χ0n) is 17.3. The molecule has 29 heavy (non-hydrogen) atoms. The molecule has 1 aromatic carbocycles. The van der Waals surface area contributed by atoms with Crippen LogP contribution >= 0.6 is 0 Å². The molecule has 8 heteroatoms. The Balaban J connectivity index is 1.86. The van der Waals surface area contributed by atoms with Gasteiger partial charge in [-0.05, 0) is 57.7 Å². The van der Waals surface area contributed by atoms with Crippen LogP contribution in [0.4, 0.5) is 18.9 Å². The highest BCUT2D eigenvalue weighted by Crippen LogP contribution is 2.19. The van der Waals surface area contributed by atoms with E-state index in [0.717, 1.165) is 38.1 Å². The van der Waals surface area contributed by atoms with Gasteiger partial charge in [-0.2, -0.15) is 13.2 Å². The van der Waals surface area contributed by atoms with Gasteiger partial charge in [-0.1, -0.05) is 12.1 Å². The molecule has 2 rings (SSSR count). The van der Waals surface area contributed by atoms with Crippen molar-refractivity contribution in [2.24, 2.45) is 0 Å². The van der Waals surface area contributed by atoms with E-state index in [2.05, 4.69) is 28.8 Å². The van der Waals surface area contributed by atoms with Gasteiger partial charge in [0.05, 0.1) is 6.10 Å². The third kappa shape index (κ3) is 8.72. The molecular formula is C21H31F3N2O3. The van der Waals surface area contributed by atoms with Crippen molar-refractivity contribution in [2.45, 2.75) is 71.0 Å². The molecular weight excluding hydrogens is 385 g/mol. The fourth-order valence-electron chi connectivity index (χ4n) is 3.14. The van der Waals surface area contributed by atoms with E-state index in [1.807, 2.05) is 12.1 Å². The Bertz CT molecular complexity index is 629. The third-order valence-corrected chi connectivity index (χ3v) is 4.92. The molecule has 1 aliphatic heterocycles. The zero-order chi connectivity index (χ0) is 21.4. The number of halogens is 3. The molecule has 0 radical (unpaired) electrons. The molecule has 1 fully saturated rings. The van der Waals surface area contributed by atoms with E-state index in [1.165, 1.54) is 13.3 Å². The van der Waals surface area contributed by atoms with Crippen LogP contribution in [0, 0.1) is 0 Å². The summed E-state index contributed by atoms with van der Waals surface area (Å²) in [7, 11) is 0. The summed E-state index contributed by atoms with van der Waals surface area (Å²) in [6, 6.07) is 7.69. The summed E-state index contributed by atoms with van der Waals surface area (Å²) in [6.07, 6.45) is -1.96. The molecule has 0 spiro atoms. The number of nitrogens with zero attached hydrogens (tertiary/aromatic N) is 1. The molecule has 164 valence electrons. The molecule has 2 atom stereocenters. The van der Waals surface area contributed by atoms with Gasteiger partial charge in [0, 0.05) is 31.4 Å². The lowest BCUT2D eigenvalue weighted by molar-refractivity contribution is -0.184. The van der Waals surface area contributed by atoms with Crippen LogP contribution in [0.1, 0.15) is 45.6 Å². The van der Waals surface area contributed by atoms with Gasteiger partial charge in [0.15, 0.2) is 0 Å². The Hall–Kier alpha value is -1.64. The van der Waals surface area contributed by atoms with E-state index >= 15 is 0 Å². The van der Waals surface area contributed by atoms with E-state index in [0.29, 0.717) is 11.7 Å². The third-order valence-electron chi connectivity index (χ3n) is 4.92. The van der Waals surface area contributed by atoms with Crippen molar-refractivity contribution in [1.82, 2.24) is 4.90 Å². The van der Waals surface area contributed by atoms with Crippen LogP contribution in [0.15, 0.2) is 24.3 Å². The summed E-state index contributed by atoms with van der Waals surface area (Å²) in [5.74, 6) is -0.611. The first-order valence-corrected chi connectivity index (χ1v) is 10.1. The number of anilines is 1. The van der Waals surface area contributed by atoms with E-state index in [9.17, 15) is 18.0 Å². The second kappa shape index (κ2) is 10.9. The highest BCUT2D eigenvalue weighted by atomic mass is 19.4. The van der Waals surface area contributed by atoms with Crippen LogP contribution in [0.2, 0.25) is 0 Å². The molecule has 0 unspecified atom stereocenters. The van der Waals surface area contributed by atoms with Crippen molar-refractivity contribution in [2.75, 3.05) is 25.1 Å². The zero-order valence-corrected chi connectivity index (χ0v) is 17.3. The monoisotopic (exact) mass is 416 g/mol. The largest absolute Gasteiger partial charge is 0.411 e. The van der Waals surface area contributed by atoms with Crippen LogP contribution in [-0.2, 0) is 20.8 Å². The number of alkyl halides is 3. The second-order valence-corrected chi connectivity index (χ2v) is 7.77. The Morgan fingerprint density at radius 3 is 2.48 bits per heavy atom. The van der Waals surface area contributed by atoms with Gasteiger partial charge in [0.2, 0.25) is 0 Å². The smallest absolute Gasteiger partial charge is 0.377 e. The highest BCUT2D eigenvalue weighted by molar-refractivity contribution is 5.93. The molecule has 1 aliphatic rings. The van der Waals surface area contributed by atoms with E-state index in [-0.39, 0.29) is 6.10 Å². The maximum atomic E-state index is 12.2. The number of hydrogen-bond donors (Lipinski definition) is 1. The number of nitrogens with one attached hydrogen (secondary N) is 1. The summed E-state index contributed by atoms with van der Waals surface area (Å²) in [4.78, 5) is 14.3. The van der Waals surface area contributed by atoms with Crippen molar-refractivity contribution in [1.29, 1.82) is 0 Å². The van der Waals surface area contributed by atoms with Crippen molar-refractivity contribution in [3.8, 4) is 0 Å². The number of carbonyl (C=O) groups excluding carboxylic acids is 1. The Kier molecular flexibility index (Phi) is 8.92. The quantitative estimate of drug-likeness (QED) is 0.649. The number of rotatable bonds is 9. The minimum atomic E-state index is -4.46. The summed E-state index contributed by atoms with van der Waals surface area (Å²) in [5, 5.41) is 2.58. The molecule has 0 aliphatic carbocycles. The van der Waals surface area contributed by atoms with Crippen LogP contribution < -0.4 is 5.32 Å². The van der Waals surface area contributed by atoms with Gasteiger partial charge in [-0.15, -0.1) is 0 Å². The molecule has 5 nitrogen and oxygen atoms in total. The van der Waals surface area contributed by atoms with Gasteiger partial charge in [0.1, 0.15) is 12.7 Å². The number of carbonyl (C=O) groups is 1. The van der Waals surface area contributed by atoms with Crippen molar-refractivity contribution < 1.29 is 27.4 Å². The molecule has 0 bridgehead atoms. The van der Waals surface area contributed by atoms with Gasteiger partial charge in [-0.25, -0.2) is 0 Å². The average Bonchev–Trinajstić information content (AvgIpc) is 2.67. The van der Waals surface area contributed by atoms with E-state index < -0.39 is 24.8 Å². The maximum Gasteiger partial charge on any atom is 0.411 e. The summed E-state index contributed by atoms with van der Waals surface area (Å²) < 4.78 is 47.0. The number of ether oxygens (including phenoxy) is 2. The molecule has 1 aromatic rings. The van der Waals surface area contributed by atoms with Gasteiger partial charge in [-0.3, -0.25) is 9.69 Å². The lowest BCUT2D eigenvalue weighted by Crippen LogP contribution is -2.39. The van der Waals surface area contributed by atoms with Crippen LogP contribution in [-0.4, -0.2) is 55.0 Å². The van der Waals surface area contributed by atoms with Crippen molar-refractivity contribution in [3.05, 3.63) is 29.8 Å². The Labute approximate surface area is 170 Å². The first kappa shape index (κ1) is 23.6. The normalized spacial score (nSPS) is 18.8. The van der Waals surface area contributed by atoms with Crippen LogP contribution in [0.5, 0.6) is 0 Å². The molecule has 1 saturated heterocycles. The molecule has 1 amide bonds. The summed E-state index contributed by atoms with van der Waals surface area (Å²) >= 11 is 0. The molecule has 1 N–H and O–H groups in total. The van der Waals surface area contributed by atoms with Crippen LogP contribution in [0.25, 0.3) is 0 Å². The Morgan fingerprint density at radius 1 is 1.24 bits per heavy atom. The minimum absolute atomic E-state index is 0.267. The van der Waals surface area contributed by atoms with Gasteiger partial charge < -0.3 is 14.8 Å². The average molecular weight is 416 g/mol. The summed E-state index contributed by atoms with van der Waals surface area (Å²) in [5.41, 5.74) is 1.61. The van der Waals surface area contributed by atoms with E-state index in [4.69, 9.17) is 4.74 Å². The van der Waals surface area contributed by atoms with Gasteiger partial charge >= 0.3 is 6.18 Å². The highest BCUT2D eigenvalue weighted by Gasteiger charge is 2.30. The predicted octanol–water partition coefficient (Wildman–Crippen LogP) is 4.37. The van der Waals surface area contributed by atoms with Crippen LogP contribution in [0.3, 0.4) is 0 Å². The first-order valence-electron chi connectivity index (χ1n) is 10.1. The second-order valence-electron chi connectivity index (χ2n) is 7.77. The minimum Gasteiger partial charge on any atom is -0.377 e. The lowest BCUT2D eigenvalue weighted by atomic mass is 10.1. The first-order chi connectivity index (χ1) is 13.6. The standard InChI is InChI=1S/C21H31F3N2O3/c1-15(2)26(13-19-6-4-5-11-28-19)12-17-7-9-18(10-8-17)25-20(27)16(3)29-14-21(22,23)24/h7-10,15-16,19H,4-6,11-14H2,1-3H3,(H,25,27)/t16-,19+/m1/s1. The number of benzene rings is 1.